The van der Waals surface area contributed by atoms with Crippen LogP contribution in [-0.2, 0) is 18.8 Å². The van der Waals surface area contributed by atoms with Crippen LogP contribution in [0.25, 0.3) is 22.5 Å². The molecule has 12 nitrogen and oxygen atoms in total. The van der Waals surface area contributed by atoms with Crippen molar-refractivity contribution in [1.82, 2.24) is 9.97 Å². The molecule has 5 rings (SSSR count). The molecule has 622 valence electrons. The van der Waals surface area contributed by atoms with E-state index in [0.29, 0.717) is 32.5 Å². The zero-order valence-electron chi connectivity index (χ0n) is 69.5. The molecule has 0 aliphatic rings. The van der Waals surface area contributed by atoms with Crippen LogP contribution in [0.4, 0.5) is 8.78 Å². The molecule has 0 spiro atoms. The third-order valence-electron chi connectivity index (χ3n) is 18.5. The average Bonchev–Trinajstić information content (AvgIpc) is 0.806. The Kier molecular flexibility index (Phi) is 57.7. The molecule has 0 saturated heterocycles. The summed E-state index contributed by atoms with van der Waals surface area (Å²) < 4.78 is 81.6. The standard InChI is InChI=1S/C102H113F2N2O10.ClH.Pt/c1-7-13-19-25-31-37-43-49-55-61-71-109-95-77-87(78-96(110-72-62-56-50-44-38-32-26-20-14-8-2)99(95)113-75-65-59-53-47-41-35-29-23-17-11-5)115-101(107)85-67-69-93(105-83-85)89-81-90(92(104)82-91(89)103)94-70-68-86(84-106-94)102(108)116-88-79-97(111-73-63-57-51-45-39-33-27-21-15-9-3)100(114-76-66-60-54-48-42-36-30-24-18-12-6)98(80-88)112-74-64-58-52-46-40-34-28-22-16-10-4;;/h1,3,67-70,77-80,82-84H,8,10-12,14,16-18,20,22-24,26,28-30,32,34-36,38,40-42,44,46-48,50,52-54,56,58-60,62,64-66,72,74-76H2,2,4-6H3;1H;/q-1;;+2/p-1. The first kappa shape index (κ1) is 99.6. The number of esters is 2. The molecule has 16 heteroatoms. The van der Waals surface area contributed by atoms with Crippen molar-refractivity contribution >= 4 is 21.4 Å². The van der Waals surface area contributed by atoms with Crippen LogP contribution in [0.15, 0.2) is 67.0 Å². The van der Waals surface area contributed by atoms with Crippen molar-refractivity contribution in [2.75, 3.05) is 26.4 Å². The molecule has 0 radical (unpaired) electrons. The van der Waals surface area contributed by atoms with Crippen molar-refractivity contribution in [1.29, 1.82) is 0 Å². The maximum atomic E-state index is 15.9. The monoisotopic (exact) mass is 1790 g/mol. The van der Waals surface area contributed by atoms with Crippen molar-refractivity contribution < 1.29 is 75.0 Å². The van der Waals surface area contributed by atoms with E-state index in [1.54, 1.807) is 30.9 Å². The van der Waals surface area contributed by atoms with Crippen LogP contribution in [0, 0.1) is 161 Å². The molecule has 2 heterocycles. The summed E-state index contributed by atoms with van der Waals surface area (Å²) in [6.07, 6.45) is 63.8. The van der Waals surface area contributed by atoms with E-state index in [-0.39, 0.29) is 79.6 Å². The number of carbonyl (C=O) groups is 2. The van der Waals surface area contributed by atoms with E-state index in [1.165, 1.54) is 203 Å². The number of pyridine rings is 2. The molecule has 3 aromatic carbocycles. The number of terminal acetylenes is 2. The van der Waals surface area contributed by atoms with Crippen LogP contribution in [0.2, 0.25) is 0 Å². The molecule has 0 atom stereocenters. The summed E-state index contributed by atoms with van der Waals surface area (Å²) in [6, 6.07) is 15.2. The molecule has 0 aliphatic carbocycles. The second-order valence-electron chi connectivity index (χ2n) is 27.9. The van der Waals surface area contributed by atoms with Gasteiger partial charge in [0, 0.05) is 107 Å². The minimum absolute atomic E-state index is 0.00476. The van der Waals surface area contributed by atoms with Gasteiger partial charge < -0.3 is 37.9 Å². The van der Waals surface area contributed by atoms with Crippen LogP contribution in [0.3, 0.4) is 0 Å². The van der Waals surface area contributed by atoms with Gasteiger partial charge in [0.05, 0.1) is 49.2 Å². The predicted octanol–water partition coefficient (Wildman–Crippen LogP) is 24.2. The Hall–Kier alpha value is -10.7. The van der Waals surface area contributed by atoms with Crippen LogP contribution in [0.1, 0.15) is 305 Å². The minimum atomic E-state index is -0.982. The number of carbonyl (C=O) groups excluding carboxylic acids is 2. The van der Waals surface area contributed by atoms with Crippen LogP contribution < -0.4 is 37.9 Å². The molecular weight excluding hydrogens is 1680 g/mol. The van der Waals surface area contributed by atoms with Crippen molar-refractivity contribution in [2.45, 2.75) is 285 Å². The van der Waals surface area contributed by atoms with Gasteiger partial charge in [-0.25, -0.2) is 9.59 Å². The van der Waals surface area contributed by atoms with Gasteiger partial charge in [-0.05, 0) is 84.9 Å². The molecule has 0 amide bonds. The number of hydrogen-bond donors (Lipinski definition) is 0. The Labute approximate surface area is 720 Å². The van der Waals surface area contributed by atoms with Gasteiger partial charge in [-0.2, -0.15) is 0 Å². The third-order valence-corrected chi connectivity index (χ3v) is 18.5. The van der Waals surface area contributed by atoms with E-state index in [4.69, 9.17) is 50.7 Å². The first-order valence-electron chi connectivity index (χ1n) is 42.2. The normalized spacial score (nSPS) is 9.72. The maximum absolute atomic E-state index is 15.9. The fraction of sp³-hybridized carbons (Fsp3) is 0.471. The fourth-order valence-corrected chi connectivity index (χ4v) is 12.2. The van der Waals surface area contributed by atoms with Gasteiger partial charge in [0.25, 0.3) is 0 Å². The Morgan fingerprint density at radius 3 is 0.873 bits per heavy atom. The molecule has 2 aromatic heterocycles. The molecule has 0 N–H and O–H groups in total. The summed E-state index contributed by atoms with van der Waals surface area (Å²) >= 11 is 1.61. The second-order valence-corrected chi connectivity index (χ2v) is 27.9. The van der Waals surface area contributed by atoms with Gasteiger partial charge in [0.1, 0.15) is 23.7 Å². The number of unbranched alkanes of at least 4 members (excludes halogenated alkanes) is 36. The van der Waals surface area contributed by atoms with Crippen LogP contribution >= 0.6 is 9.42 Å². The van der Waals surface area contributed by atoms with E-state index >= 15 is 8.78 Å². The average molecular weight is 1800 g/mol. The first-order valence-corrected chi connectivity index (χ1v) is 45.0. The summed E-state index contributed by atoms with van der Waals surface area (Å²) in [5, 5.41) is 0. The first-order chi connectivity index (χ1) is 58.1. The van der Waals surface area contributed by atoms with Gasteiger partial charge in [-0.15, -0.1) is 18.9 Å². The van der Waals surface area contributed by atoms with Crippen molar-refractivity contribution in [2.24, 2.45) is 0 Å². The number of ether oxygens (including phenoxy) is 8. The van der Waals surface area contributed by atoms with E-state index in [2.05, 4.69) is 184 Å². The SMILES string of the molecule is C#CC#CC#CC#CC#CC#COc1cc(OC(=O)c2ccc(-c3[c-]c(-c4ccc(C(=O)Oc5cc(OC#CC#CC#CC#CC#CC#C)c(OCCCCCCCCCCCC)c(OCCCCCCCCCCCC)c5)cn4)c(F)cc3F)nc2)cc(OCCCCCCCCCCCC)c1OCCCCCCCCCCCC.[Cl][Pt+]. The number of halogens is 3. The fourth-order valence-electron chi connectivity index (χ4n) is 12.2. The van der Waals surface area contributed by atoms with Gasteiger partial charge in [0.15, 0.2) is 23.0 Å². The molecule has 0 saturated carbocycles. The number of rotatable bonds is 56. The van der Waals surface area contributed by atoms with E-state index in [1.807, 2.05) is 0 Å². The Morgan fingerprint density at radius 1 is 0.347 bits per heavy atom. The van der Waals surface area contributed by atoms with E-state index < -0.39 is 23.6 Å². The van der Waals surface area contributed by atoms with E-state index in [9.17, 15) is 9.59 Å². The Morgan fingerprint density at radius 2 is 0.602 bits per heavy atom. The quantitative estimate of drug-likeness (QED) is 0.0121. The van der Waals surface area contributed by atoms with Crippen molar-refractivity contribution in [3.63, 3.8) is 0 Å². The van der Waals surface area contributed by atoms with Gasteiger partial charge in [-0.3, -0.25) is 18.7 Å². The number of aromatic nitrogens is 2. The topological polar surface area (TPSA) is 134 Å². The molecule has 118 heavy (non-hydrogen) atoms. The molecule has 0 unspecified atom stereocenters. The molecule has 0 aliphatic heterocycles. The Balaban J connectivity index is 0.0000145. The second kappa shape index (κ2) is 68.3. The van der Waals surface area contributed by atoms with Crippen molar-refractivity contribution in [3.05, 3.63) is 95.8 Å². The van der Waals surface area contributed by atoms with Gasteiger partial charge >= 0.3 is 40.1 Å². The zero-order valence-corrected chi connectivity index (χ0v) is 72.6. The number of benzene rings is 3. The summed E-state index contributed by atoms with van der Waals surface area (Å²) in [5.74, 6) is 48.0. The van der Waals surface area contributed by atoms with Gasteiger partial charge in [0.2, 0.25) is 11.5 Å². The third kappa shape index (κ3) is 45.1. The molecular formula is C102H113ClF2N2O10Pt. The van der Waals surface area contributed by atoms with Gasteiger partial charge in [-0.1, -0.05) is 300 Å². The molecule has 0 bridgehead atoms. The number of hydrogen-bond acceptors (Lipinski definition) is 12. The van der Waals surface area contributed by atoms with E-state index in [0.717, 1.165) is 103 Å². The number of nitrogens with zero attached hydrogens (tertiary/aromatic N) is 2. The summed E-state index contributed by atoms with van der Waals surface area (Å²) in [5.41, 5.74) is -0.419. The summed E-state index contributed by atoms with van der Waals surface area (Å²) in [7, 11) is 4.61. The molecule has 0 fully saturated rings. The predicted molar refractivity (Wildman–Crippen MR) is 466 cm³/mol. The van der Waals surface area contributed by atoms with Crippen LogP contribution in [-0.4, -0.2) is 48.3 Å². The van der Waals surface area contributed by atoms with Crippen molar-refractivity contribution in [3.8, 4) is 212 Å². The summed E-state index contributed by atoms with van der Waals surface area (Å²) in [4.78, 5) is 37.0. The summed E-state index contributed by atoms with van der Waals surface area (Å²) in [6.45, 7) is 10.3. The van der Waals surface area contributed by atoms with Crippen LogP contribution in [0.5, 0.6) is 46.0 Å². The zero-order chi connectivity index (χ0) is 84.6. The molecule has 5 aromatic rings. The Bertz CT molecular complexity index is 4310.